The van der Waals surface area contributed by atoms with Gasteiger partial charge in [0.05, 0.1) is 5.56 Å². The first-order valence-electron chi connectivity index (χ1n) is 6.39. The molecule has 9 heteroatoms. The van der Waals surface area contributed by atoms with Gasteiger partial charge in [-0.05, 0) is 19.1 Å². The van der Waals surface area contributed by atoms with Gasteiger partial charge in [-0.3, -0.25) is 0 Å². The van der Waals surface area contributed by atoms with Crippen molar-refractivity contribution < 1.29 is 23.1 Å². The second-order valence-corrected chi connectivity index (χ2v) is 4.57. The molecule has 0 saturated carbocycles. The number of nitrogens with zero attached hydrogens (tertiary/aromatic N) is 3. The lowest BCUT2D eigenvalue weighted by Crippen LogP contribution is -2.50. The Balaban J connectivity index is 0.000000295. The van der Waals surface area contributed by atoms with Crippen LogP contribution in [0.3, 0.4) is 0 Å². The molecule has 0 amide bonds. The minimum atomic E-state index is -5.08. The van der Waals surface area contributed by atoms with Gasteiger partial charge in [0.1, 0.15) is 11.9 Å². The Morgan fingerprint density at radius 1 is 1.55 bits per heavy atom. The molecule has 2 N–H and O–H groups in total. The maximum atomic E-state index is 10.6. The highest BCUT2D eigenvalue weighted by Gasteiger charge is 2.38. The lowest BCUT2D eigenvalue weighted by atomic mass is 10.2. The zero-order valence-corrected chi connectivity index (χ0v) is 11.8. The number of aromatic nitrogens is 1. The maximum Gasteiger partial charge on any atom is 0.490 e. The van der Waals surface area contributed by atoms with Gasteiger partial charge in [0.15, 0.2) is 0 Å². The summed E-state index contributed by atoms with van der Waals surface area (Å²) >= 11 is 0. The molecule has 1 aliphatic rings. The number of carboxylic acids is 1. The minimum absolute atomic E-state index is 0.458. The number of pyridine rings is 1. The van der Waals surface area contributed by atoms with E-state index in [4.69, 9.17) is 15.2 Å². The van der Waals surface area contributed by atoms with Crippen LogP contribution in [0.15, 0.2) is 18.3 Å². The summed E-state index contributed by atoms with van der Waals surface area (Å²) in [4.78, 5) is 15.5. The van der Waals surface area contributed by atoms with Crippen LogP contribution < -0.4 is 10.2 Å². The van der Waals surface area contributed by atoms with Crippen LogP contribution in [0.25, 0.3) is 0 Å². The molecule has 1 aromatic heterocycles. The molecule has 0 aliphatic carbocycles. The molecule has 0 spiro atoms. The predicted molar refractivity (Wildman–Crippen MR) is 72.3 cm³/mol. The lowest BCUT2D eigenvalue weighted by Gasteiger charge is -2.34. The van der Waals surface area contributed by atoms with E-state index < -0.39 is 12.1 Å². The molecular formula is C13H15F3N4O2. The van der Waals surface area contributed by atoms with Gasteiger partial charge in [-0.1, -0.05) is 0 Å². The summed E-state index contributed by atoms with van der Waals surface area (Å²) < 4.78 is 31.7. The number of carbonyl (C=O) groups is 1. The molecule has 0 aromatic carbocycles. The van der Waals surface area contributed by atoms with Crippen LogP contribution in [0.5, 0.6) is 0 Å². The van der Waals surface area contributed by atoms with E-state index in [0.717, 1.165) is 25.5 Å². The number of aliphatic carboxylic acids is 1. The van der Waals surface area contributed by atoms with Crippen molar-refractivity contribution >= 4 is 11.8 Å². The van der Waals surface area contributed by atoms with Crippen molar-refractivity contribution in [3.63, 3.8) is 0 Å². The largest absolute Gasteiger partial charge is 0.490 e. The number of nitrogens with one attached hydrogen (secondary N) is 1. The molecule has 1 saturated heterocycles. The zero-order valence-electron chi connectivity index (χ0n) is 11.8. The fourth-order valence-corrected chi connectivity index (χ4v) is 1.80. The highest BCUT2D eigenvalue weighted by Crippen LogP contribution is 2.15. The van der Waals surface area contributed by atoms with Crippen molar-refractivity contribution in [3.8, 4) is 6.07 Å². The SMILES string of the molecule is C[C@H]1CNCCN1c1ccc(C#N)cn1.O=C(O)C(F)(F)F. The number of piperazine rings is 1. The van der Waals surface area contributed by atoms with E-state index in [2.05, 4.69) is 28.2 Å². The summed E-state index contributed by atoms with van der Waals surface area (Å²) in [7, 11) is 0. The number of anilines is 1. The molecule has 0 bridgehead atoms. The van der Waals surface area contributed by atoms with Gasteiger partial charge in [0, 0.05) is 31.9 Å². The summed E-state index contributed by atoms with van der Waals surface area (Å²) in [6, 6.07) is 6.27. The van der Waals surface area contributed by atoms with Crippen LogP contribution in [-0.4, -0.2) is 47.9 Å². The molecule has 2 heterocycles. The van der Waals surface area contributed by atoms with Gasteiger partial charge in [-0.2, -0.15) is 18.4 Å². The summed E-state index contributed by atoms with van der Waals surface area (Å²) in [6.07, 6.45) is -3.45. The number of halogens is 3. The van der Waals surface area contributed by atoms with Crippen molar-refractivity contribution in [1.82, 2.24) is 10.3 Å². The van der Waals surface area contributed by atoms with E-state index in [-0.39, 0.29) is 0 Å². The third kappa shape index (κ3) is 5.21. The van der Waals surface area contributed by atoms with Crippen LogP contribution in [0, 0.1) is 11.3 Å². The Bertz CT molecular complexity index is 540. The zero-order chi connectivity index (χ0) is 16.8. The Morgan fingerprint density at radius 2 is 2.18 bits per heavy atom. The van der Waals surface area contributed by atoms with Crippen LogP contribution in [0.2, 0.25) is 0 Å². The predicted octanol–water partition coefficient (Wildman–Crippen LogP) is 1.38. The van der Waals surface area contributed by atoms with Crippen molar-refractivity contribution in [2.45, 2.75) is 19.1 Å². The van der Waals surface area contributed by atoms with E-state index in [1.54, 1.807) is 6.20 Å². The van der Waals surface area contributed by atoms with Crippen LogP contribution in [0.1, 0.15) is 12.5 Å². The summed E-state index contributed by atoms with van der Waals surface area (Å²) in [6.45, 7) is 5.12. The van der Waals surface area contributed by atoms with Crippen LogP contribution in [-0.2, 0) is 4.79 Å². The van der Waals surface area contributed by atoms with Crippen LogP contribution in [0.4, 0.5) is 19.0 Å². The van der Waals surface area contributed by atoms with Crippen molar-refractivity contribution in [3.05, 3.63) is 23.9 Å². The van der Waals surface area contributed by atoms with E-state index in [9.17, 15) is 13.2 Å². The first kappa shape index (κ1) is 17.7. The fourth-order valence-electron chi connectivity index (χ4n) is 1.80. The number of nitriles is 1. The van der Waals surface area contributed by atoms with Gasteiger partial charge < -0.3 is 15.3 Å². The topological polar surface area (TPSA) is 89.3 Å². The molecule has 0 radical (unpaired) electrons. The van der Waals surface area contributed by atoms with Gasteiger partial charge in [0.2, 0.25) is 0 Å². The molecule has 1 aliphatic heterocycles. The van der Waals surface area contributed by atoms with Crippen molar-refractivity contribution in [2.75, 3.05) is 24.5 Å². The molecule has 120 valence electrons. The van der Waals surface area contributed by atoms with Crippen molar-refractivity contribution in [2.24, 2.45) is 0 Å². The second kappa shape index (κ2) is 7.61. The number of carboxylic acid groups (broad SMARTS) is 1. The average Bonchev–Trinajstić information content (AvgIpc) is 2.47. The van der Waals surface area contributed by atoms with Crippen LogP contribution >= 0.6 is 0 Å². The van der Waals surface area contributed by atoms with E-state index in [1.165, 1.54) is 0 Å². The Morgan fingerprint density at radius 3 is 2.59 bits per heavy atom. The van der Waals surface area contributed by atoms with Gasteiger partial charge in [-0.25, -0.2) is 9.78 Å². The van der Waals surface area contributed by atoms with E-state index in [1.807, 2.05) is 12.1 Å². The standard InChI is InChI=1S/C11H14N4.C2HF3O2/c1-9-7-13-4-5-15(9)11-3-2-10(6-12)8-14-11;3-2(4,5)1(6)7/h2-3,8-9,13H,4-5,7H2,1H3;(H,6,7)/t9-;/m0./s1. The van der Waals surface area contributed by atoms with Gasteiger partial charge in [-0.15, -0.1) is 0 Å². The third-order valence-corrected chi connectivity index (χ3v) is 2.92. The molecule has 0 unspecified atom stereocenters. The quantitative estimate of drug-likeness (QED) is 0.814. The second-order valence-electron chi connectivity index (χ2n) is 4.57. The first-order chi connectivity index (χ1) is 10.3. The van der Waals surface area contributed by atoms with Crippen molar-refractivity contribution in [1.29, 1.82) is 5.26 Å². The summed E-state index contributed by atoms with van der Waals surface area (Å²) in [5, 5.41) is 19.1. The number of alkyl halides is 3. The van der Waals surface area contributed by atoms with E-state index in [0.29, 0.717) is 11.6 Å². The third-order valence-electron chi connectivity index (χ3n) is 2.92. The minimum Gasteiger partial charge on any atom is -0.475 e. The number of hydrogen-bond acceptors (Lipinski definition) is 5. The summed E-state index contributed by atoms with van der Waals surface area (Å²) in [5.74, 6) is -1.80. The highest BCUT2D eigenvalue weighted by atomic mass is 19.4. The fraction of sp³-hybridized carbons (Fsp3) is 0.462. The molecule has 1 fully saturated rings. The molecule has 1 aromatic rings. The highest BCUT2D eigenvalue weighted by molar-refractivity contribution is 5.73. The monoisotopic (exact) mass is 316 g/mol. The molecular weight excluding hydrogens is 301 g/mol. The molecule has 22 heavy (non-hydrogen) atoms. The Kier molecular flexibility index (Phi) is 6.12. The number of rotatable bonds is 1. The average molecular weight is 316 g/mol. The van der Waals surface area contributed by atoms with E-state index >= 15 is 0 Å². The van der Waals surface area contributed by atoms with Gasteiger partial charge >= 0.3 is 12.1 Å². The Hall–Kier alpha value is -2.34. The smallest absolute Gasteiger partial charge is 0.475 e. The lowest BCUT2D eigenvalue weighted by molar-refractivity contribution is -0.192. The maximum absolute atomic E-state index is 10.6. The first-order valence-corrected chi connectivity index (χ1v) is 6.39. The Labute approximate surface area is 125 Å². The summed E-state index contributed by atoms with van der Waals surface area (Å²) in [5.41, 5.74) is 0.613. The number of hydrogen-bond donors (Lipinski definition) is 2. The van der Waals surface area contributed by atoms with Gasteiger partial charge in [0.25, 0.3) is 0 Å². The normalized spacial score (nSPS) is 18.0. The molecule has 1 atom stereocenters. The molecule has 2 rings (SSSR count). The molecule has 6 nitrogen and oxygen atoms in total.